The predicted octanol–water partition coefficient (Wildman–Crippen LogP) is 5.46. The minimum Gasteiger partial charge on any atom is -0.393 e. The fraction of sp³-hybridized carbons (Fsp3) is 0.364. The molecule has 0 bridgehead atoms. The zero-order valence-electron chi connectivity index (χ0n) is 15.8. The summed E-state index contributed by atoms with van der Waals surface area (Å²) in [6, 6.07) is 6.42. The van der Waals surface area contributed by atoms with Gasteiger partial charge in [0.05, 0.1) is 22.8 Å². The molecule has 4 rings (SSSR count). The first kappa shape index (κ1) is 18.9. The molecule has 1 saturated carbocycles. The number of pyridine rings is 1. The van der Waals surface area contributed by atoms with E-state index in [-0.39, 0.29) is 12.1 Å². The molecule has 0 unspecified atom stereocenters. The first-order valence-corrected chi connectivity index (χ1v) is 9.82. The summed E-state index contributed by atoms with van der Waals surface area (Å²) in [6.45, 7) is 3.54. The number of nitrogens with zero attached hydrogens (tertiary/aromatic N) is 3. The van der Waals surface area contributed by atoms with Gasteiger partial charge in [0.25, 0.3) is 0 Å². The van der Waals surface area contributed by atoms with Crippen molar-refractivity contribution in [2.75, 3.05) is 0 Å². The van der Waals surface area contributed by atoms with Gasteiger partial charge in [-0.3, -0.25) is 0 Å². The number of aromatic nitrogens is 2. The van der Waals surface area contributed by atoms with Crippen molar-refractivity contribution in [3.63, 3.8) is 0 Å². The molecule has 0 spiro atoms. The van der Waals surface area contributed by atoms with Crippen LogP contribution >= 0.6 is 11.6 Å². The third-order valence-electron chi connectivity index (χ3n) is 5.83. The molecule has 0 atom stereocenters. The normalized spacial score (nSPS) is 19.7. The van der Waals surface area contributed by atoms with E-state index in [1.54, 1.807) is 6.92 Å². The Morgan fingerprint density at radius 1 is 1.21 bits per heavy atom. The second kappa shape index (κ2) is 7.20. The molecule has 6 heteroatoms. The summed E-state index contributed by atoms with van der Waals surface area (Å²) in [7, 11) is 0. The van der Waals surface area contributed by atoms with Crippen molar-refractivity contribution in [3.05, 3.63) is 52.2 Å². The molecule has 144 valence electrons. The molecule has 0 saturated heterocycles. The molecule has 0 amide bonds. The monoisotopic (exact) mass is 397 g/mol. The van der Waals surface area contributed by atoms with Gasteiger partial charge in [0.2, 0.25) is 5.95 Å². The van der Waals surface area contributed by atoms with Gasteiger partial charge in [0, 0.05) is 46.0 Å². The van der Waals surface area contributed by atoms with Gasteiger partial charge >= 0.3 is 0 Å². The van der Waals surface area contributed by atoms with E-state index in [1.807, 2.05) is 25.3 Å². The highest BCUT2D eigenvalue weighted by molar-refractivity contribution is 6.34. The number of hydrogen-bond donors (Lipinski definition) is 1. The van der Waals surface area contributed by atoms with E-state index in [9.17, 15) is 14.8 Å². The van der Waals surface area contributed by atoms with E-state index in [2.05, 4.69) is 15.6 Å². The fourth-order valence-electron chi connectivity index (χ4n) is 4.13. The molecule has 1 fully saturated rings. The Labute approximate surface area is 168 Å². The zero-order chi connectivity index (χ0) is 20.0. The minimum atomic E-state index is -0.577. The van der Waals surface area contributed by atoms with Crippen LogP contribution in [0.1, 0.15) is 48.4 Å². The van der Waals surface area contributed by atoms with Crippen molar-refractivity contribution in [3.8, 4) is 17.2 Å². The van der Waals surface area contributed by atoms with E-state index in [0.29, 0.717) is 21.7 Å². The van der Waals surface area contributed by atoms with Gasteiger partial charge in [-0.25, -0.2) is 4.98 Å². The SMILES string of the molecule is Cc1cc2c(cc1C#N)c(-c1cnc(F)c(C)c1Cl)cn2C1CCC(O)CC1. The Morgan fingerprint density at radius 3 is 2.61 bits per heavy atom. The largest absolute Gasteiger partial charge is 0.393 e. The topological polar surface area (TPSA) is 61.8 Å². The van der Waals surface area contributed by atoms with Crippen molar-refractivity contribution in [1.82, 2.24) is 9.55 Å². The van der Waals surface area contributed by atoms with Crippen LogP contribution in [0.3, 0.4) is 0 Å². The van der Waals surface area contributed by atoms with Gasteiger partial charge < -0.3 is 9.67 Å². The van der Waals surface area contributed by atoms with Gasteiger partial charge in [-0.15, -0.1) is 0 Å². The van der Waals surface area contributed by atoms with Crippen LogP contribution in [0.4, 0.5) is 4.39 Å². The Hall–Kier alpha value is -2.42. The van der Waals surface area contributed by atoms with E-state index in [4.69, 9.17) is 11.6 Å². The number of aryl methyl sites for hydroxylation is 1. The first-order chi connectivity index (χ1) is 13.4. The lowest BCUT2D eigenvalue weighted by Crippen LogP contribution is -2.20. The first-order valence-electron chi connectivity index (χ1n) is 9.45. The van der Waals surface area contributed by atoms with Crippen molar-refractivity contribution >= 4 is 22.5 Å². The van der Waals surface area contributed by atoms with Gasteiger partial charge in [0.1, 0.15) is 0 Å². The Bertz CT molecular complexity index is 1110. The zero-order valence-corrected chi connectivity index (χ0v) is 16.6. The van der Waals surface area contributed by atoms with Gasteiger partial charge in [-0.05, 0) is 57.2 Å². The number of nitriles is 1. The smallest absolute Gasteiger partial charge is 0.217 e. The van der Waals surface area contributed by atoms with Crippen molar-refractivity contribution in [2.24, 2.45) is 0 Å². The van der Waals surface area contributed by atoms with Crippen LogP contribution in [0.15, 0.2) is 24.5 Å². The molecule has 2 heterocycles. The summed E-state index contributed by atoms with van der Waals surface area (Å²) in [5.74, 6) is -0.577. The second-order valence-electron chi connectivity index (χ2n) is 7.61. The number of benzene rings is 1. The summed E-state index contributed by atoms with van der Waals surface area (Å²) in [6.07, 6.45) is 6.58. The minimum absolute atomic E-state index is 0.233. The summed E-state index contributed by atoms with van der Waals surface area (Å²) >= 11 is 6.47. The maximum absolute atomic E-state index is 13.8. The lowest BCUT2D eigenvalue weighted by atomic mass is 9.93. The van der Waals surface area contributed by atoms with Gasteiger partial charge in [-0.1, -0.05) is 11.6 Å². The van der Waals surface area contributed by atoms with Crippen molar-refractivity contribution in [1.29, 1.82) is 5.26 Å². The van der Waals surface area contributed by atoms with Crippen LogP contribution < -0.4 is 0 Å². The average molecular weight is 398 g/mol. The number of rotatable bonds is 2. The Morgan fingerprint density at radius 2 is 1.93 bits per heavy atom. The molecule has 2 aromatic heterocycles. The number of aliphatic hydroxyl groups excluding tert-OH is 1. The molecule has 0 aliphatic heterocycles. The van der Waals surface area contributed by atoms with Crippen LogP contribution in [0.25, 0.3) is 22.0 Å². The lowest BCUT2D eigenvalue weighted by molar-refractivity contribution is 0.111. The maximum atomic E-state index is 13.8. The van der Waals surface area contributed by atoms with E-state index < -0.39 is 5.95 Å². The number of aliphatic hydroxyl groups is 1. The van der Waals surface area contributed by atoms with Crippen LogP contribution in [-0.2, 0) is 0 Å². The molecule has 3 aromatic rings. The van der Waals surface area contributed by atoms with Crippen LogP contribution in [-0.4, -0.2) is 20.8 Å². The van der Waals surface area contributed by atoms with Crippen molar-refractivity contribution < 1.29 is 9.50 Å². The highest BCUT2D eigenvalue weighted by atomic mass is 35.5. The molecule has 0 radical (unpaired) electrons. The Kier molecular flexibility index (Phi) is 4.86. The summed E-state index contributed by atoms with van der Waals surface area (Å²) in [5, 5.41) is 20.6. The molecule has 1 aliphatic carbocycles. The van der Waals surface area contributed by atoms with Crippen LogP contribution in [0.2, 0.25) is 5.02 Å². The molecular formula is C22H21ClFN3O. The summed E-state index contributed by atoms with van der Waals surface area (Å²) in [4.78, 5) is 3.86. The third-order valence-corrected chi connectivity index (χ3v) is 6.32. The van der Waals surface area contributed by atoms with E-state index in [1.165, 1.54) is 6.20 Å². The van der Waals surface area contributed by atoms with Gasteiger partial charge in [-0.2, -0.15) is 9.65 Å². The Balaban J connectivity index is 1.96. The quantitative estimate of drug-likeness (QED) is 0.584. The van der Waals surface area contributed by atoms with Gasteiger partial charge in [0.15, 0.2) is 0 Å². The standard InChI is InChI=1S/C22H21ClFN3O/c1-12-7-20-17(8-14(12)9-25)19(18-10-26-22(24)13(2)21(18)23)11-27(20)15-3-5-16(28)6-4-15/h7-8,10-11,15-16,28H,3-6H2,1-2H3. The predicted molar refractivity (Wildman–Crippen MR) is 108 cm³/mol. The molecule has 28 heavy (non-hydrogen) atoms. The number of hydrogen-bond acceptors (Lipinski definition) is 3. The molecule has 1 aliphatic rings. The van der Waals surface area contributed by atoms with E-state index in [0.717, 1.165) is 47.7 Å². The fourth-order valence-corrected chi connectivity index (χ4v) is 4.36. The summed E-state index contributed by atoms with van der Waals surface area (Å²) < 4.78 is 16.0. The lowest BCUT2D eigenvalue weighted by Gasteiger charge is -2.27. The third kappa shape index (κ3) is 3.07. The molecular weight excluding hydrogens is 377 g/mol. The van der Waals surface area contributed by atoms with E-state index >= 15 is 0 Å². The maximum Gasteiger partial charge on any atom is 0.217 e. The highest BCUT2D eigenvalue weighted by Crippen LogP contribution is 2.40. The molecule has 1 N–H and O–H groups in total. The number of halogens is 2. The van der Waals surface area contributed by atoms with Crippen LogP contribution in [0, 0.1) is 31.1 Å². The highest BCUT2D eigenvalue weighted by Gasteiger charge is 2.25. The van der Waals surface area contributed by atoms with Crippen molar-refractivity contribution in [2.45, 2.75) is 51.7 Å². The average Bonchev–Trinajstić information content (AvgIpc) is 3.04. The summed E-state index contributed by atoms with van der Waals surface area (Å²) in [5.41, 5.74) is 4.36. The number of fused-ring (bicyclic) bond motifs is 1. The van der Waals surface area contributed by atoms with Crippen LogP contribution in [0.5, 0.6) is 0 Å². The second-order valence-corrected chi connectivity index (χ2v) is 7.99. The molecule has 1 aromatic carbocycles. The molecule has 4 nitrogen and oxygen atoms in total.